The minimum Gasteiger partial charge on any atom is -0.448 e. The van der Waals surface area contributed by atoms with Crippen LogP contribution in [0.4, 0.5) is 4.79 Å². The van der Waals surface area contributed by atoms with Crippen LogP contribution in [-0.2, 0) is 14.8 Å². The SMILES string of the molecule is Cc1ccc(S(=O)(=O)n2ccc3c2ncc2ncc(C4CN(C(=O)OCC5c6ccccc6-c6ccccc65)CCC4C)n23)cc1. The van der Waals surface area contributed by atoms with Crippen LogP contribution in [0, 0.1) is 12.8 Å². The number of amides is 1. The van der Waals surface area contributed by atoms with Crippen molar-refractivity contribution in [3.05, 3.63) is 120 Å². The Morgan fingerprint density at radius 2 is 1.61 bits per heavy atom. The molecule has 232 valence electrons. The van der Waals surface area contributed by atoms with Crippen molar-refractivity contribution in [2.75, 3.05) is 19.7 Å². The molecule has 1 fully saturated rings. The van der Waals surface area contributed by atoms with Crippen LogP contribution in [0.15, 0.2) is 102 Å². The van der Waals surface area contributed by atoms with Crippen LogP contribution in [0.2, 0.25) is 0 Å². The molecule has 0 bridgehead atoms. The zero-order chi connectivity index (χ0) is 31.6. The zero-order valence-corrected chi connectivity index (χ0v) is 26.4. The zero-order valence-electron chi connectivity index (χ0n) is 25.6. The highest BCUT2D eigenvalue weighted by Crippen LogP contribution is 2.44. The Morgan fingerprint density at radius 3 is 2.33 bits per heavy atom. The van der Waals surface area contributed by atoms with E-state index in [9.17, 15) is 13.2 Å². The summed E-state index contributed by atoms with van der Waals surface area (Å²) in [5.74, 6) is 0.224. The monoisotopic (exact) mass is 631 g/mol. The first-order valence-corrected chi connectivity index (χ1v) is 17.0. The van der Waals surface area contributed by atoms with Crippen LogP contribution < -0.4 is 0 Å². The average molecular weight is 632 g/mol. The fraction of sp³-hybridized carbons (Fsp3) is 0.250. The molecule has 2 atom stereocenters. The van der Waals surface area contributed by atoms with E-state index >= 15 is 0 Å². The Hall–Kier alpha value is -4.96. The number of hydrogen-bond donors (Lipinski definition) is 0. The first-order valence-electron chi connectivity index (χ1n) is 15.6. The van der Waals surface area contributed by atoms with E-state index in [0.717, 1.165) is 17.7 Å². The summed E-state index contributed by atoms with van der Waals surface area (Å²) in [5.41, 5.74) is 8.24. The van der Waals surface area contributed by atoms with Crippen molar-refractivity contribution in [3.63, 3.8) is 0 Å². The van der Waals surface area contributed by atoms with Crippen molar-refractivity contribution in [2.24, 2.45) is 5.92 Å². The first kappa shape index (κ1) is 28.5. The predicted octanol–water partition coefficient (Wildman–Crippen LogP) is 6.60. The lowest BCUT2D eigenvalue weighted by Gasteiger charge is -2.36. The molecule has 1 saturated heterocycles. The van der Waals surface area contributed by atoms with Gasteiger partial charge in [-0.05, 0) is 59.7 Å². The third kappa shape index (κ3) is 4.50. The molecular weight excluding hydrogens is 598 g/mol. The minimum atomic E-state index is -3.86. The largest absolute Gasteiger partial charge is 0.448 e. The van der Waals surface area contributed by atoms with E-state index in [2.05, 4.69) is 41.2 Å². The number of nitrogens with zero attached hydrogens (tertiary/aromatic N) is 5. The number of imidazole rings is 1. The highest BCUT2D eigenvalue weighted by Gasteiger charge is 2.35. The topological polar surface area (TPSA) is 98.8 Å². The lowest BCUT2D eigenvalue weighted by molar-refractivity contribution is 0.0808. The second-order valence-electron chi connectivity index (χ2n) is 12.4. The number of hydrogen-bond acceptors (Lipinski definition) is 6. The number of piperidine rings is 1. The van der Waals surface area contributed by atoms with Crippen molar-refractivity contribution in [2.45, 2.75) is 37.0 Å². The van der Waals surface area contributed by atoms with Gasteiger partial charge in [-0.1, -0.05) is 73.2 Å². The minimum absolute atomic E-state index is 0.00403. The average Bonchev–Trinajstić information content (AvgIpc) is 3.78. The summed E-state index contributed by atoms with van der Waals surface area (Å²) >= 11 is 0. The van der Waals surface area contributed by atoms with Crippen LogP contribution in [0.1, 0.15) is 47.6 Å². The molecule has 6 aromatic rings. The Morgan fingerprint density at radius 1 is 0.913 bits per heavy atom. The number of fused-ring (bicyclic) bond motifs is 6. The van der Waals surface area contributed by atoms with E-state index in [-0.39, 0.29) is 35.3 Å². The summed E-state index contributed by atoms with van der Waals surface area (Å²) in [7, 11) is -3.86. The second kappa shape index (κ2) is 10.8. The van der Waals surface area contributed by atoms with Gasteiger partial charge in [0.15, 0.2) is 11.3 Å². The normalized spacial score (nSPS) is 18.2. The predicted molar refractivity (Wildman–Crippen MR) is 175 cm³/mol. The van der Waals surface area contributed by atoms with Gasteiger partial charge in [0.2, 0.25) is 0 Å². The van der Waals surface area contributed by atoms with Crippen molar-refractivity contribution in [3.8, 4) is 11.1 Å². The number of benzene rings is 3. The molecule has 8 rings (SSSR count). The molecule has 3 aromatic heterocycles. The van der Waals surface area contributed by atoms with E-state index in [4.69, 9.17) is 4.74 Å². The Balaban J connectivity index is 1.07. The summed E-state index contributed by atoms with van der Waals surface area (Å²) in [6.07, 6.45) is 5.45. The van der Waals surface area contributed by atoms with Crippen molar-refractivity contribution < 1.29 is 17.9 Å². The molecular formula is C36H33N5O4S. The van der Waals surface area contributed by atoms with E-state index in [1.54, 1.807) is 47.6 Å². The van der Waals surface area contributed by atoms with Gasteiger partial charge in [0.25, 0.3) is 10.0 Å². The van der Waals surface area contributed by atoms with Crippen LogP contribution in [-0.4, -0.2) is 57.4 Å². The lowest BCUT2D eigenvalue weighted by atomic mass is 9.85. The van der Waals surface area contributed by atoms with Crippen LogP contribution in [0.3, 0.4) is 0 Å². The third-order valence-corrected chi connectivity index (χ3v) is 11.4. The van der Waals surface area contributed by atoms with E-state index in [1.807, 2.05) is 41.8 Å². The molecule has 2 unspecified atom stereocenters. The molecule has 2 aliphatic rings. The summed E-state index contributed by atoms with van der Waals surface area (Å²) in [5, 5.41) is 0. The Labute approximate surface area is 267 Å². The van der Waals surface area contributed by atoms with E-state index in [1.165, 1.54) is 26.2 Å². The maximum absolute atomic E-state index is 13.6. The van der Waals surface area contributed by atoms with Gasteiger partial charge in [0, 0.05) is 43.0 Å². The first-order chi connectivity index (χ1) is 22.3. The van der Waals surface area contributed by atoms with Gasteiger partial charge in [-0.2, -0.15) is 0 Å². The molecule has 3 aromatic carbocycles. The van der Waals surface area contributed by atoms with Crippen molar-refractivity contribution in [1.82, 2.24) is 23.2 Å². The lowest BCUT2D eigenvalue weighted by Crippen LogP contribution is -2.43. The van der Waals surface area contributed by atoms with Crippen LogP contribution >= 0.6 is 0 Å². The van der Waals surface area contributed by atoms with Gasteiger partial charge in [0.05, 0.1) is 16.6 Å². The molecule has 0 radical (unpaired) electrons. The molecule has 9 nitrogen and oxygen atoms in total. The van der Waals surface area contributed by atoms with Crippen molar-refractivity contribution >= 4 is 32.9 Å². The molecule has 10 heteroatoms. The number of likely N-dealkylation sites (tertiary alicyclic amines) is 1. The number of aryl methyl sites for hydroxylation is 1. The van der Waals surface area contributed by atoms with Crippen molar-refractivity contribution in [1.29, 1.82) is 0 Å². The molecule has 1 aliphatic carbocycles. The number of rotatable bonds is 5. The maximum Gasteiger partial charge on any atom is 0.409 e. The molecule has 0 N–H and O–H groups in total. The molecule has 0 saturated carbocycles. The number of ether oxygens (including phenoxy) is 1. The highest BCUT2D eigenvalue weighted by molar-refractivity contribution is 7.90. The quantitative estimate of drug-likeness (QED) is 0.213. The van der Waals surface area contributed by atoms with Gasteiger partial charge in [0.1, 0.15) is 6.61 Å². The summed E-state index contributed by atoms with van der Waals surface area (Å²) in [6, 6.07) is 25.2. The van der Waals surface area contributed by atoms with Crippen LogP contribution in [0.25, 0.3) is 27.9 Å². The summed E-state index contributed by atoms with van der Waals surface area (Å²) < 4.78 is 36.4. The Bertz CT molecular complexity index is 2190. The molecule has 1 amide bonds. The smallest absolute Gasteiger partial charge is 0.409 e. The maximum atomic E-state index is 13.6. The summed E-state index contributed by atoms with van der Waals surface area (Å²) in [4.78, 5) is 24.7. The summed E-state index contributed by atoms with van der Waals surface area (Å²) in [6.45, 7) is 5.45. The van der Waals surface area contributed by atoms with E-state index in [0.29, 0.717) is 29.9 Å². The number of carbonyl (C=O) groups is 1. The Kier molecular flexibility index (Phi) is 6.72. The van der Waals surface area contributed by atoms with E-state index < -0.39 is 10.0 Å². The van der Waals surface area contributed by atoms with Gasteiger partial charge in [-0.15, -0.1) is 0 Å². The number of aromatic nitrogens is 4. The fourth-order valence-electron chi connectivity index (χ4n) is 7.13. The van der Waals surface area contributed by atoms with Crippen LogP contribution in [0.5, 0.6) is 0 Å². The van der Waals surface area contributed by atoms with Gasteiger partial charge < -0.3 is 9.64 Å². The van der Waals surface area contributed by atoms with Gasteiger partial charge in [-0.3, -0.25) is 4.40 Å². The molecule has 46 heavy (non-hydrogen) atoms. The van der Waals surface area contributed by atoms with Gasteiger partial charge >= 0.3 is 6.09 Å². The number of carbonyl (C=O) groups excluding carboxylic acids is 1. The fourth-order valence-corrected chi connectivity index (χ4v) is 8.43. The highest BCUT2D eigenvalue weighted by atomic mass is 32.2. The standard InChI is InChI=1S/C36H33N5O4S/c1-23-11-13-25(14-12-23)46(43,44)40-18-16-32-35(40)38-20-34-37-19-33(41(32)34)30-21-39(17-15-24(30)2)36(42)45-22-31-28-9-5-3-7-26(28)27-8-4-6-10-29(27)31/h3-14,16,18-20,24,30-31H,15,17,21-22H2,1-2H3. The second-order valence-corrected chi connectivity index (χ2v) is 14.2. The third-order valence-electron chi connectivity index (χ3n) is 9.68. The molecule has 4 heterocycles. The molecule has 0 spiro atoms. The molecule has 1 aliphatic heterocycles. The van der Waals surface area contributed by atoms with Gasteiger partial charge in [-0.25, -0.2) is 27.2 Å².